The Bertz CT molecular complexity index is 698. The van der Waals surface area contributed by atoms with Gasteiger partial charge in [-0.15, -0.1) is 11.3 Å². The third-order valence-electron chi connectivity index (χ3n) is 3.49. The molecular formula is C17H22F2N4S. The molecule has 7 heteroatoms. The summed E-state index contributed by atoms with van der Waals surface area (Å²) < 4.78 is 26.7. The monoisotopic (exact) mass is 352 g/mol. The molecule has 0 saturated carbocycles. The summed E-state index contributed by atoms with van der Waals surface area (Å²) >= 11 is 1.61. The van der Waals surface area contributed by atoms with Crippen molar-refractivity contribution in [3.8, 4) is 0 Å². The predicted molar refractivity (Wildman–Crippen MR) is 94.5 cm³/mol. The highest BCUT2D eigenvalue weighted by atomic mass is 32.1. The van der Waals surface area contributed by atoms with Gasteiger partial charge in [0, 0.05) is 19.0 Å². The van der Waals surface area contributed by atoms with Crippen molar-refractivity contribution in [1.82, 2.24) is 15.6 Å². The molecule has 0 unspecified atom stereocenters. The van der Waals surface area contributed by atoms with E-state index >= 15 is 0 Å². The standard InChI is InChI=1S/C17H22F2N4S/c1-11(2)15-10-24-16(23-15)9-22-17(20-3)21-7-6-12-8-13(18)4-5-14(12)19/h4-5,8,10-11H,6-7,9H2,1-3H3,(H2,20,21,22). The van der Waals surface area contributed by atoms with Gasteiger partial charge < -0.3 is 10.6 Å². The molecule has 0 atom stereocenters. The van der Waals surface area contributed by atoms with Crippen LogP contribution in [0.4, 0.5) is 8.78 Å². The number of guanidine groups is 1. The summed E-state index contributed by atoms with van der Waals surface area (Å²) in [5.74, 6) is 0.186. The van der Waals surface area contributed by atoms with E-state index < -0.39 is 11.6 Å². The maximum atomic E-state index is 13.6. The van der Waals surface area contributed by atoms with Crippen molar-refractivity contribution in [3.63, 3.8) is 0 Å². The van der Waals surface area contributed by atoms with Crippen LogP contribution in [-0.2, 0) is 13.0 Å². The molecule has 0 spiro atoms. The Labute approximate surface area is 145 Å². The van der Waals surface area contributed by atoms with Crippen LogP contribution in [0.25, 0.3) is 0 Å². The molecule has 0 radical (unpaired) electrons. The number of nitrogens with one attached hydrogen (secondary N) is 2. The van der Waals surface area contributed by atoms with Crippen molar-refractivity contribution in [2.24, 2.45) is 4.99 Å². The van der Waals surface area contributed by atoms with Crippen LogP contribution in [0, 0.1) is 11.6 Å². The Morgan fingerprint density at radius 3 is 2.75 bits per heavy atom. The largest absolute Gasteiger partial charge is 0.356 e. The summed E-state index contributed by atoms with van der Waals surface area (Å²) in [5, 5.41) is 9.30. The minimum Gasteiger partial charge on any atom is -0.356 e. The van der Waals surface area contributed by atoms with Crippen LogP contribution < -0.4 is 10.6 Å². The molecule has 0 fully saturated rings. The Kier molecular flexibility index (Phi) is 6.66. The van der Waals surface area contributed by atoms with Crippen molar-refractivity contribution < 1.29 is 8.78 Å². The summed E-state index contributed by atoms with van der Waals surface area (Å²) in [4.78, 5) is 8.67. The first-order valence-electron chi connectivity index (χ1n) is 7.82. The Morgan fingerprint density at radius 2 is 2.08 bits per heavy atom. The fraction of sp³-hybridized carbons (Fsp3) is 0.412. The number of rotatable bonds is 6. The van der Waals surface area contributed by atoms with E-state index in [4.69, 9.17) is 0 Å². The molecule has 2 N–H and O–H groups in total. The first kappa shape index (κ1) is 18.3. The molecule has 0 aliphatic heterocycles. The molecular weight excluding hydrogens is 330 g/mol. The molecule has 0 aliphatic carbocycles. The second-order valence-electron chi connectivity index (χ2n) is 5.66. The van der Waals surface area contributed by atoms with Gasteiger partial charge in [-0.2, -0.15) is 0 Å². The Morgan fingerprint density at radius 1 is 1.29 bits per heavy atom. The number of hydrogen-bond acceptors (Lipinski definition) is 3. The molecule has 0 bridgehead atoms. The lowest BCUT2D eigenvalue weighted by atomic mass is 10.1. The van der Waals surface area contributed by atoms with E-state index in [1.165, 1.54) is 6.07 Å². The number of hydrogen-bond donors (Lipinski definition) is 2. The Hall–Kier alpha value is -2.02. The first-order chi connectivity index (χ1) is 11.5. The fourth-order valence-electron chi connectivity index (χ4n) is 2.10. The fourth-order valence-corrected chi connectivity index (χ4v) is 3.00. The van der Waals surface area contributed by atoms with E-state index in [1.54, 1.807) is 18.4 Å². The van der Waals surface area contributed by atoms with Gasteiger partial charge in [0.25, 0.3) is 0 Å². The number of halogens is 2. The van der Waals surface area contributed by atoms with Gasteiger partial charge >= 0.3 is 0 Å². The van der Waals surface area contributed by atoms with Crippen molar-refractivity contribution in [1.29, 1.82) is 0 Å². The molecule has 130 valence electrons. The van der Waals surface area contributed by atoms with Crippen LogP contribution in [0.15, 0.2) is 28.6 Å². The quantitative estimate of drug-likeness (QED) is 0.618. The number of aromatic nitrogens is 1. The van der Waals surface area contributed by atoms with Crippen molar-refractivity contribution in [2.75, 3.05) is 13.6 Å². The van der Waals surface area contributed by atoms with Gasteiger partial charge in [-0.25, -0.2) is 13.8 Å². The number of thiazole rings is 1. The van der Waals surface area contributed by atoms with Crippen molar-refractivity contribution >= 4 is 17.3 Å². The van der Waals surface area contributed by atoms with E-state index in [0.717, 1.165) is 22.8 Å². The first-order valence-corrected chi connectivity index (χ1v) is 8.70. The van der Waals surface area contributed by atoms with Gasteiger partial charge in [-0.1, -0.05) is 13.8 Å². The maximum absolute atomic E-state index is 13.6. The zero-order valence-corrected chi connectivity index (χ0v) is 14.9. The van der Waals surface area contributed by atoms with E-state index in [-0.39, 0.29) is 0 Å². The van der Waals surface area contributed by atoms with Crippen LogP contribution in [0.3, 0.4) is 0 Å². The van der Waals surface area contributed by atoms with Crippen molar-refractivity contribution in [3.05, 3.63) is 51.5 Å². The van der Waals surface area contributed by atoms with E-state index in [2.05, 4.69) is 39.8 Å². The minimum absolute atomic E-state index is 0.347. The van der Waals surface area contributed by atoms with E-state index in [1.807, 2.05) is 0 Å². The lowest BCUT2D eigenvalue weighted by molar-refractivity contribution is 0.583. The van der Waals surface area contributed by atoms with Gasteiger partial charge in [0.1, 0.15) is 16.6 Å². The normalized spacial score (nSPS) is 11.8. The molecule has 1 aromatic heterocycles. The molecule has 1 aromatic carbocycles. The molecule has 1 heterocycles. The third-order valence-corrected chi connectivity index (χ3v) is 4.35. The molecule has 2 aromatic rings. The highest BCUT2D eigenvalue weighted by molar-refractivity contribution is 7.09. The van der Waals surface area contributed by atoms with Gasteiger partial charge in [0.05, 0.1) is 12.2 Å². The SMILES string of the molecule is CN=C(NCCc1cc(F)ccc1F)NCc1nc(C(C)C)cs1. The molecule has 24 heavy (non-hydrogen) atoms. The smallest absolute Gasteiger partial charge is 0.191 e. The maximum Gasteiger partial charge on any atom is 0.191 e. The summed E-state index contributed by atoms with van der Waals surface area (Å²) in [7, 11) is 1.67. The molecule has 4 nitrogen and oxygen atoms in total. The summed E-state index contributed by atoms with van der Waals surface area (Å²) in [5.41, 5.74) is 1.43. The van der Waals surface area contributed by atoms with Gasteiger partial charge in [0.2, 0.25) is 0 Å². The summed E-state index contributed by atoms with van der Waals surface area (Å²) in [6, 6.07) is 3.48. The zero-order chi connectivity index (χ0) is 17.5. The second kappa shape index (κ2) is 8.73. The van der Waals surface area contributed by atoms with Crippen LogP contribution in [0.2, 0.25) is 0 Å². The highest BCUT2D eigenvalue weighted by Gasteiger charge is 2.07. The molecule has 0 aliphatic rings. The predicted octanol–water partition coefficient (Wildman–Crippen LogP) is 3.45. The van der Waals surface area contributed by atoms with Crippen molar-refractivity contribution in [2.45, 2.75) is 32.7 Å². The topological polar surface area (TPSA) is 49.3 Å². The summed E-state index contributed by atoms with van der Waals surface area (Å²) in [6.07, 6.45) is 0.374. The third kappa shape index (κ3) is 5.26. The molecule has 2 rings (SSSR count). The average Bonchev–Trinajstić information content (AvgIpc) is 3.03. The number of benzene rings is 1. The van der Waals surface area contributed by atoms with Crippen LogP contribution in [0.5, 0.6) is 0 Å². The number of aliphatic imine (C=N–C) groups is 1. The molecule has 0 amide bonds. The second-order valence-corrected chi connectivity index (χ2v) is 6.60. The van der Waals surface area contributed by atoms with Gasteiger partial charge in [-0.05, 0) is 36.1 Å². The lowest BCUT2D eigenvalue weighted by Gasteiger charge is -2.11. The zero-order valence-electron chi connectivity index (χ0n) is 14.1. The lowest BCUT2D eigenvalue weighted by Crippen LogP contribution is -2.37. The van der Waals surface area contributed by atoms with Crippen LogP contribution in [-0.4, -0.2) is 24.5 Å². The summed E-state index contributed by atoms with van der Waals surface area (Å²) in [6.45, 7) is 5.25. The van der Waals surface area contributed by atoms with E-state index in [0.29, 0.717) is 37.0 Å². The average molecular weight is 352 g/mol. The minimum atomic E-state index is -0.432. The van der Waals surface area contributed by atoms with Gasteiger partial charge in [0.15, 0.2) is 5.96 Å². The molecule has 0 saturated heterocycles. The highest BCUT2D eigenvalue weighted by Crippen LogP contribution is 2.17. The van der Waals surface area contributed by atoms with Gasteiger partial charge in [-0.3, -0.25) is 4.99 Å². The van der Waals surface area contributed by atoms with Crippen LogP contribution in [0.1, 0.15) is 36.0 Å². The number of nitrogens with zero attached hydrogens (tertiary/aromatic N) is 2. The van der Waals surface area contributed by atoms with E-state index in [9.17, 15) is 8.78 Å². The Balaban J connectivity index is 1.81. The van der Waals surface area contributed by atoms with Crippen LogP contribution >= 0.6 is 11.3 Å².